The maximum atomic E-state index is 10.7. The van der Waals surface area contributed by atoms with Crippen LogP contribution in [0.2, 0.25) is 0 Å². The first kappa shape index (κ1) is 17.9. The SMILES string of the molecule is Nc1nc(N)c2nc(CNc3ccc(C(=O)[O-])cc3)cnc2n1.[Na+]. The molecule has 0 saturated carbocycles. The van der Waals surface area contributed by atoms with Crippen molar-refractivity contribution in [1.29, 1.82) is 0 Å². The van der Waals surface area contributed by atoms with Crippen LogP contribution in [-0.2, 0) is 6.54 Å². The van der Waals surface area contributed by atoms with Crippen LogP contribution >= 0.6 is 0 Å². The average Bonchev–Trinajstić information content (AvgIpc) is 2.53. The molecule has 0 saturated heterocycles. The van der Waals surface area contributed by atoms with Crippen molar-refractivity contribution >= 4 is 34.6 Å². The van der Waals surface area contributed by atoms with E-state index in [9.17, 15) is 9.90 Å². The van der Waals surface area contributed by atoms with Gasteiger partial charge in [0.25, 0.3) is 0 Å². The summed E-state index contributed by atoms with van der Waals surface area (Å²) in [7, 11) is 0. The van der Waals surface area contributed by atoms with Crippen LogP contribution in [0, 0.1) is 0 Å². The summed E-state index contributed by atoms with van der Waals surface area (Å²) in [4.78, 5) is 27.0. The molecule has 2 heterocycles. The van der Waals surface area contributed by atoms with Gasteiger partial charge in [-0.05, 0) is 17.7 Å². The molecular weight excluding hydrogens is 321 g/mol. The summed E-state index contributed by atoms with van der Waals surface area (Å²) in [5, 5.41) is 13.8. The molecule has 0 fully saturated rings. The van der Waals surface area contributed by atoms with Gasteiger partial charge in [-0.15, -0.1) is 0 Å². The van der Waals surface area contributed by atoms with Crippen molar-refractivity contribution in [2.75, 3.05) is 16.8 Å². The summed E-state index contributed by atoms with van der Waals surface area (Å²) in [6.07, 6.45) is 1.55. The van der Waals surface area contributed by atoms with Crippen molar-refractivity contribution < 1.29 is 39.5 Å². The van der Waals surface area contributed by atoms with Crippen molar-refractivity contribution in [2.24, 2.45) is 0 Å². The second kappa shape index (κ2) is 7.39. The average molecular weight is 333 g/mol. The summed E-state index contributed by atoms with van der Waals surface area (Å²) in [5.74, 6) is -1.00. The van der Waals surface area contributed by atoms with E-state index in [4.69, 9.17) is 11.5 Å². The zero-order chi connectivity index (χ0) is 16.4. The van der Waals surface area contributed by atoms with E-state index in [2.05, 4.69) is 25.3 Å². The number of aromatic carboxylic acids is 1. The number of carbonyl (C=O) groups is 1. The Morgan fingerprint density at radius 1 is 1.12 bits per heavy atom. The van der Waals surface area contributed by atoms with E-state index in [1.807, 2.05) is 0 Å². The largest absolute Gasteiger partial charge is 1.00 e. The summed E-state index contributed by atoms with van der Waals surface area (Å²) in [6, 6.07) is 6.19. The van der Waals surface area contributed by atoms with E-state index in [0.29, 0.717) is 23.4 Å². The van der Waals surface area contributed by atoms with E-state index in [-0.39, 0.29) is 46.9 Å². The number of hydrogen-bond acceptors (Lipinski definition) is 9. The number of nitrogens with one attached hydrogen (secondary N) is 1. The third kappa shape index (κ3) is 3.88. The number of carboxylic acids is 1. The molecule has 0 aliphatic carbocycles. The Labute approximate surface area is 158 Å². The van der Waals surface area contributed by atoms with Crippen LogP contribution in [0.25, 0.3) is 11.2 Å². The smallest absolute Gasteiger partial charge is 0.545 e. The number of nitrogens with two attached hydrogens (primary N) is 2. The van der Waals surface area contributed by atoms with Crippen molar-refractivity contribution in [1.82, 2.24) is 19.9 Å². The number of carboxylic acid groups (broad SMARTS) is 1. The number of aromatic nitrogens is 4. The summed E-state index contributed by atoms with van der Waals surface area (Å²) in [6.45, 7) is 0.372. The topological polar surface area (TPSA) is 156 Å². The fourth-order valence-electron chi connectivity index (χ4n) is 1.98. The second-order valence-corrected chi connectivity index (χ2v) is 4.72. The minimum absolute atomic E-state index is 0. The molecule has 0 bridgehead atoms. The Balaban J connectivity index is 0.00000208. The number of fused-ring (bicyclic) bond motifs is 1. The summed E-state index contributed by atoms with van der Waals surface area (Å²) < 4.78 is 0. The molecule has 2 aromatic heterocycles. The van der Waals surface area contributed by atoms with Gasteiger partial charge in [0.05, 0.1) is 24.4 Å². The molecule has 0 spiro atoms. The van der Waals surface area contributed by atoms with Crippen LogP contribution in [-0.4, -0.2) is 25.9 Å². The zero-order valence-electron chi connectivity index (χ0n) is 12.9. The monoisotopic (exact) mass is 333 g/mol. The van der Waals surface area contributed by atoms with Gasteiger partial charge in [0.2, 0.25) is 5.95 Å². The van der Waals surface area contributed by atoms with Gasteiger partial charge in [-0.3, -0.25) is 0 Å². The molecule has 0 radical (unpaired) electrons. The van der Waals surface area contributed by atoms with Gasteiger partial charge in [0.1, 0.15) is 0 Å². The maximum absolute atomic E-state index is 10.7. The van der Waals surface area contributed by atoms with Gasteiger partial charge in [-0.2, -0.15) is 9.97 Å². The standard InChI is InChI=1S/C14H13N7O2.Na/c15-11-10-12(21-14(16)20-11)18-6-9(19-10)5-17-8-3-1-7(2-4-8)13(22)23;/h1-4,6,17H,5H2,(H,22,23)(H4,15,16,18,20,21);/q;+1/p-1. The summed E-state index contributed by atoms with van der Waals surface area (Å²) >= 11 is 0. The molecule has 9 nitrogen and oxygen atoms in total. The molecule has 0 atom stereocenters. The minimum atomic E-state index is -1.22. The van der Waals surface area contributed by atoms with Crippen molar-refractivity contribution in [3.8, 4) is 0 Å². The van der Waals surface area contributed by atoms with E-state index in [1.54, 1.807) is 18.3 Å². The molecule has 0 aliphatic rings. The number of nitrogens with zero attached hydrogens (tertiary/aromatic N) is 4. The Hall–Kier alpha value is -2.49. The fourth-order valence-corrected chi connectivity index (χ4v) is 1.98. The Morgan fingerprint density at radius 2 is 1.83 bits per heavy atom. The molecule has 3 aromatic rings. The van der Waals surface area contributed by atoms with E-state index < -0.39 is 5.97 Å². The number of nitrogen functional groups attached to an aromatic ring is 2. The van der Waals surface area contributed by atoms with Gasteiger partial charge >= 0.3 is 29.6 Å². The van der Waals surface area contributed by atoms with E-state index in [1.165, 1.54) is 12.1 Å². The zero-order valence-corrected chi connectivity index (χ0v) is 14.9. The van der Waals surface area contributed by atoms with E-state index >= 15 is 0 Å². The number of benzene rings is 1. The molecular formula is C14H12N7NaO2. The molecule has 24 heavy (non-hydrogen) atoms. The first-order valence-electron chi connectivity index (χ1n) is 6.63. The number of carbonyl (C=O) groups excluding carboxylic acids is 1. The van der Waals surface area contributed by atoms with Gasteiger partial charge in [0.15, 0.2) is 17.0 Å². The van der Waals surface area contributed by atoms with Crippen LogP contribution < -0.4 is 51.4 Å². The Kier molecular flexibility index (Phi) is 5.50. The van der Waals surface area contributed by atoms with Gasteiger partial charge in [-0.1, -0.05) is 12.1 Å². The van der Waals surface area contributed by atoms with Gasteiger partial charge < -0.3 is 26.7 Å². The molecule has 0 amide bonds. The quantitative estimate of drug-likeness (QED) is 0.413. The Bertz CT molecular complexity index is 886. The van der Waals surface area contributed by atoms with Crippen LogP contribution in [0.1, 0.15) is 16.1 Å². The van der Waals surface area contributed by atoms with Crippen molar-refractivity contribution in [2.45, 2.75) is 6.54 Å². The van der Waals surface area contributed by atoms with Crippen LogP contribution in [0.15, 0.2) is 30.5 Å². The molecule has 116 valence electrons. The first-order chi connectivity index (χ1) is 11.0. The van der Waals surface area contributed by atoms with Crippen molar-refractivity contribution in [3.63, 3.8) is 0 Å². The summed E-state index contributed by atoms with van der Waals surface area (Å²) in [5.41, 5.74) is 13.5. The van der Waals surface area contributed by atoms with Gasteiger partial charge in [-0.25, -0.2) is 9.97 Å². The first-order valence-corrected chi connectivity index (χ1v) is 6.63. The predicted octanol–water partition coefficient (Wildman–Crippen LogP) is -3.44. The Morgan fingerprint density at radius 3 is 2.50 bits per heavy atom. The molecule has 5 N–H and O–H groups in total. The predicted molar refractivity (Wildman–Crippen MR) is 82.1 cm³/mol. The normalized spacial score (nSPS) is 10.2. The molecule has 0 aliphatic heterocycles. The molecule has 1 aromatic carbocycles. The molecule has 0 unspecified atom stereocenters. The number of anilines is 3. The molecule has 10 heteroatoms. The van der Waals surface area contributed by atoms with Crippen LogP contribution in [0.4, 0.5) is 17.5 Å². The maximum Gasteiger partial charge on any atom is 1.00 e. The van der Waals surface area contributed by atoms with Crippen LogP contribution in [0.3, 0.4) is 0 Å². The fraction of sp³-hybridized carbons (Fsp3) is 0.0714. The minimum Gasteiger partial charge on any atom is -0.545 e. The van der Waals surface area contributed by atoms with E-state index in [0.717, 1.165) is 5.69 Å². The molecule has 3 rings (SSSR count). The third-order valence-corrected chi connectivity index (χ3v) is 3.10. The number of rotatable bonds is 4. The third-order valence-electron chi connectivity index (χ3n) is 3.10. The number of hydrogen-bond donors (Lipinski definition) is 3. The second-order valence-electron chi connectivity index (χ2n) is 4.72. The van der Waals surface area contributed by atoms with Crippen LogP contribution in [0.5, 0.6) is 0 Å². The van der Waals surface area contributed by atoms with Gasteiger partial charge in [0, 0.05) is 5.69 Å². The van der Waals surface area contributed by atoms with Crippen molar-refractivity contribution in [3.05, 3.63) is 41.7 Å².